The van der Waals surface area contributed by atoms with Crippen molar-refractivity contribution >= 4 is 11.3 Å². The summed E-state index contributed by atoms with van der Waals surface area (Å²) in [6, 6.07) is 10.2. The van der Waals surface area contributed by atoms with Crippen LogP contribution < -0.4 is 4.74 Å². The van der Waals surface area contributed by atoms with Crippen molar-refractivity contribution in [3.8, 4) is 11.8 Å². The van der Waals surface area contributed by atoms with Crippen LogP contribution in [0.15, 0.2) is 42.6 Å². The first-order valence-electron chi connectivity index (χ1n) is 6.66. The largest absolute Gasteiger partial charge is 0.492 e. The summed E-state index contributed by atoms with van der Waals surface area (Å²) in [4.78, 5) is 14.9. The van der Waals surface area contributed by atoms with Crippen LogP contribution in [0.3, 0.4) is 0 Å². The van der Waals surface area contributed by atoms with Gasteiger partial charge in [0.25, 0.3) is 5.69 Å². The number of allylic oxidation sites excluding steroid dienone is 1. The molecule has 108 valence electrons. The highest BCUT2D eigenvalue weighted by Crippen LogP contribution is 2.39. The lowest BCUT2D eigenvalue weighted by atomic mass is 9.97. The van der Waals surface area contributed by atoms with Crippen LogP contribution in [0.4, 0.5) is 5.69 Å². The molecule has 0 radical (unpaired) electrons. The summed E-state index contributed by atoms with van der Waals surface area (Å²) in [6.45, 7) is 0.478. The van der Waals surface area contributed by atoms with E-state index in [0.29, 0.717) is 35.6 Å². The molecule has 0 saturated heterocycles. The topological polar surface area (TPSA) is 89.0 Å². The van der Waals surface area contributed by atoms with Gasteiger partial charge in [0.05, 0.1) is 23.3 Å². The van der Waals surface area contributed by atoms with E-state index >= 15 is 0 Å². The number of nitro groups is 1. The summed E-state index contributed by atoms with van der Waals surface area (Å²) in [7, 11) is 0. The van der Waals surface area contributed by atoms with Gasteiger partial charge in [-0.25, -0.2) is 0 Å². The summed E-state index contributed by atoms with van der Waals surface area (Å²) in [5.74, 6) is 0.595. The lowest BCUT2D eigenvalue weighted by Gasteiger charge is -2.11. The van der Waals surface area contributed by atoms with Crippen LogP contribution in [-0.2, 0) is 6.42 Å². The van der Waals surface area contributed by atoms with E-state index in [2.05, 4.69) is 4.98 Å². The Morgan fingerprint density at radius 3 is 3.00 bits per heavy atom. The van der Waals surface area contributed by atoms with E-state index in [-0.39, 0.29) is 5.69 Å². The fraction of sp³-hybridized carbons (Fsp3) is 0.125. The molecule has 0 bridgehead atoms. The van der Waals surface area contributed by atoms with Crippen molar-refractivity contribution in [3.05, 3.63) is 69.5 Å². The Bertz CT molecular complexity index is 807. The third-order valence-electron chi connectivity index (χ3n) is 3.42. The molecule has 2 aromatic rings. The van der Waals surface area contributed by atoms with Crippen molar-refractivity contribution in [3.63, 3.8) is 0 Å². The minimum absolute atomic E-state index is 0.0148. The lowest BCUT2D eigenvalue weighted by Crippen LogP contribution is -1.97. The van der Waals surface area contributed by atoms with Crippen molar-refractivity contribution < 1.29 is 9.66 Å². The zero-order chi connectivity index (χ0) is 15.5. The predicted octanol–water partition coefficient (Wildman–Crippen LogP) is 2.88. The number of hydrogen-bond acceptors (Lipinski definition) is 5. The molecule has 22 heavy (non-hydrogen) atoms. The van der Waals surface area contributed by atoms with E-state index in [4.69, 9.17) is 10.00 Å². The Morgan fingerprint density at radius 1 is 1.45 bits per heavy atom. The van der Waals surface area contributed by atoms with Gasteiger partial charge in [0, 0.05) is 47.5 Å². The molecular formula is C16H11N3O3. The molecule has 0 N–H and O–H groups in total. The van der Waals surface area contributed by atoms with Crippen LogP contribution in [0.1, 0.15) is 16.8 Å². The standard InChI is InChI=1S/C16H11N3O3/c17-6-4-13(15-3-1-2-7-18-15)14-10-12(19(20)21)9-11-5-8-22-16(11)14/h1-4,7,9-10H,5,8H2. The maximum atomic E-state index is 11.1. The normalized spacial score (nSPS) is 13.1. The van der Waals surface area contributed by atoms with E-state index in [1.807, 2.05) is 6.07 Å². The SMILES string of the molecule is N#CC=C(c1ccccn1)c1cc([N+](=O)[O-])cc2c1OCC2. The number of hydrogen-bond donors (Lipinski definition) is 0. The second-order valence-corrected chi connectivity index (χ2v) is 4.74. The van der Waals surface area contributed by atoms with Crippen molar-refractivity contribution in [2.24, 2.45) is 0 Å². The van der Waals surface area contributed by atoms with Gasteiger partial charge in [0.2, 0.25) is 0 Å². The van der Waals surface area contributed by atoms with Gasteiger partial charge in [-0.05, 0) is 12.1 Å². The average Bonchev–Trinajstić information content (AvgIpc) is 3.01. The zero-order valence-corrected chi connectivity index (χ0v) is 11.5. The second kappa shape index (κ2) is 5.66. The van der Waals surface area contributed by atoms with E-state index in [1.54, 1.807) is 24.4 Å². The molecule has 0 aliphatic carbocycles. The van der Waals surface area contributed by atoms with E-state index in [9.17, 15) is 10.1 Å². The highest BCUT2D eigenvalue weighted by molar-refractivity contribution is 5.84. The number of rotatable bonds is 3. The summed E-state index contributed by atoms with van der Waals surface area (Å²) >= 11 is 0. The fourth-order valence-corrected chi connectivity index (χ4v) is 2.47. The van der Waals surface area contributed by atoms with E-state index in [1.165, 1.54) is 18.2 Å². The second-order valence-electron chi connectivity index (χ2n) is 4.74. The number of nitro benzene ring substituents is 1. The fourth-order valence-electron chi connectivity index (χ4n) is 2.47. The summed E-state index contributed by atoms with van der Waals surface area (Å²) < 4.78 is 5.61. The highest BCUT2D eigenvalue weighted by atomic mass is 16.6. The van der Waals surface area contributed by atoms with Gasteiger partial charge in [0.15, 0.2) is 0 Å². The molecular weight excluding hydrogens is 282 g/mol. The van der Waals surface area contributed by atoms with Crippen LogP contribution in [0.5, 0.6) is 5.75 Å². The molecule has 0 fully saturated rings. The molecule has 0 saturated carbocycles. The molecule has 0 atom stereocenters. The van der Waals surface area contributed by atoms with Crippen molar-refractivity contribution in [1.29, 1.82) is 5.26 Å². The monoisotopic (exact) mass is 293 g/mol. The van der Waals surface area contributed by atoms with Crippen LogP contribution >= 0.6 is 0 Å². The average molecular weight is 293 g/mol. The Balaban J connectivity index is 2.23. The van der Waals surface area contributed by atoms with Crippen LogP contribution in [0, 0.1) is 21.4 Å². The van der Waals surface area contributed by atoms with Gasteiger partial charge in [-0.1, -0.05) is 6.07 Å². The van der Waals surface area contributed by atoms with Gasteiger partial charge in [0.1, 0.15) is 5.75 Å². The third-order valence-corrected chi connectivity index (χ3v) is 3.42. The Labute approximate surface area is 126 Å². The van der Waals surface area contributed by atoms with Gasteiger partial charge < -0.3 is 4.74 Å². The van der Waals surface area contributed by atoms with Crippen LogP contribution in [-0.4, -0.2) is 16.5 Å². The van der Waals surface area contributed by atoms with Crippen LogP contribution in [0.25, 0.3) is 5.57 Å². The molecule has 0 unspecified atom stereocenters. The van der Waals surface area contributed by atoms with E-state index in [0.717, 1.165) is 5.56 Å². The number of aromatic nitrogens is 1. The van der Waals surface area contributed by atoms with Crippen molar-refractivity contribution in [2.75, 3.05) is 6.61 Å². The molecule has 1 aromatic heterocycles. The van der Waals surface area contributed by atoms with Crippen molar-refractivity contribution in [1.82, 2.24) is 4.98 Å². The number of nitrogens with zero attached hydrogens (tertiary/aromatic N) is 3. The molecule has 6 heteroatoms. The summed E-state index contributed by atoms with van der Waals surface area (Å²) in [5.41, 5.74) is 2.39. The minimum atomic E-state index is -0.440. The van der Waals surface area contributed by atoms with Crippen LogP contribution in [0.2, 0.25) is 0 Å². The molecule has 3 rings (SSSR count). The molecule has 6 nitrogen and oxygen atoms in total. The first kappa shape index (κ1) is 13.8. The minimum Gasteiger partial charge on any atom is -0.492 e. The van der Waals surface area contributed by atoms with Gasteiger partial charge >= 0.3 is 0 Å². The zero-order valence-electron chi connectivity index (χ0n) is 11.5. The number of nitriles is 1. The number of ether oxygens (including phenoxy) is 1. The smallest absolute Gasteiger partial charge is 0.270 e. The predicted molar refractivity (Wildman–Crippen MR) is 79.2 cm³/mol. The Hall–Kier alpha value is -3.20. The Kier molecular flexibility index (Phi) is 3.54. The number of pyridine rings is 1. The molecule has 2 heterocycles. The summed E-state index contributed by atoms with van der Waals surface area (Å²) in [5, 5.41) is 20.2. The van der Waals surface area contributed by atoms with Gasteiger partial charge in [-0.15, -0.1) is 0 Å². The molecule has 0 amide bonds. The lowest BCUT2D eigenvalue weighted by molar-refractivity contribution is -0.384. The maximum Gasteiger partial charge on any atom is 0.270 e. The van der Waals surface area contributed by atoms with Gasteiger partial charge in [-0.3, -0.25) is 15.1 Å². The maximum absolute atomic E-state index is 11.1. The molecule has 1 aliphatic rings. The first-order valence-corrected chi connectivity index (χ1v) is 6.66. The third kappa shape index (κ3) is 2.40. The number of benzene rings is 1. The van der Waals surface area contributed by atoms with Gasteiger partial charge in [-0.2, -0.15) is 5.26 Å². The Morgan fingerprint density at radius 2 is 2.32 bits per heavy atom. The van der Waals surface area contributed by atoms with E-state index < -0.39 is 4.92 Å². The quantitative estimate of drug-likeness (QED) is 0.493. The number of fused-ring (bicyclic) bond motifs is 1. The first-order chi connectivity index (χ1) is 10.7. The van der Waals surface area contributed by atoms with Crippen molar-refractivity contribution in [2.45, 2.75) is 6.42 Å². The molecule has 1 aromatic carbocycles. The molecule has 0 spiro atoms. The summed E-state index contributed by atoms with van der Waals surface area (Å²) in [6.07, 6.45) is 3.56. The highest BCUT2D eigenvalue weighted by Gasteiger charge is 2.24. The molecule has 1 aliphatic heterocycles. The number of non-ortho nitro benzene ring substituents is 1.